The molecule has 10 heteroatoms. The second kappa shape index (κ2) is 7.55. The molecule has 0 aromatic heterocycles. The first kappa shape index (κ1) is 18.0. The maximum absolute atomic E-state index is 11.6. The van der Waals surface area contributed by atoms with Gasteiger partial charge in [0, 0.05) is 17.7 Å². The zero-order chi connectivity index (χ0) is 15.9. The number of benzene rings is 1. The Bertz CT molecular complexity index is 577. The lowest BCUT2D eigenvalue weighted by Crippen LogP contribution is -2.32. The van der Waals surface area contributed by atoms with Crippen LogP contribution in [0.2, 0.25) is 0 Å². The van der Waals surface area contributed by atoms with E-state index in [2.05, 4.69) is 0 Å². The second-order valence-electron chi connectivity index (χ2n) is 3.61. The summed E-state index contributed by atoms with van der Waals surface area (Å²) in [7, 11) is -4.67. The zero-order valence-electron chi connectivity index (χ0n) is 10.1. The molecule has 0 aliphatic heterocycles. The Morgan fingerprint density at radius 3 is 2.05 bits per heavy atom. The van der Waals surface area contributed by atoms with Crippen molar-refractivity contribution in [2.45, 2.75) is 12.5 Å². The van der Waals surface area contributed by atoms with Crippen molar-refractivity contribution in [2.75, 3.05) is 5.73 Å². The van der Waals surface area contributed by atoms with Crippen LogP contribution in [0.4, 0.5) is 5.69 Å². The number of aliphatic carboxylic acids is 1. The van der Waals surface area contributed by atoms with Gasteiger partial charge in [-0.15, -0.1) is 0 Å². The van der Waals surface area contributed by atoms with E-state index in [1.165, 1.54) is 0 Å². The number of carbonyl (C=O) groups excluding carboxylic acids is 1. The van der Waals surface area contributed by atoms with Gasteiger partial charge in [-0.1, -0.05) is 12.1 Å². The molecule has 20 heavy (non-hydrogen) atoms. The van der Waals surface area contributed by atoms with E-state index in [0.717, 1.165) is 0 Å². The molecule has 0 aliphatic rings. The van der Waals surface area contributed by atoms with E-state index >= 15 is 0 Å². The summed E-state index contributed by atoms with van der Waals surface area (Å²) in [4.78, 5) is 22.0. The van der Waals surface area contributed by atoms with Gasteiger partial charge in [-0.25, -0.2) is 0 Å². The average molecular weight is 306 g/mol. The summed E-state index contributed by atoms with van der Waals surface area (Å²) in [6, 6.07) is 5.31. The van der Waals surface area contributed by atoms with Gasteiger partial charge >= 0.3 is 16.4 Å². The molecule has 1 aromatic rings. The summed E-state index contributed by atoms with van der Waals surface area (Å²) in [5.74, 6) is -1.55. The van der Waals surface area contributed by atoms with Crippen LogP contribution in [0.15, 0.2) is 24.3 Å². The molecule has 9 nitrogen and oxygen atoms in total. The molecular weight excluding hydrogens is 292 g/mol. The van der Waals surface area contributed by atoms with Crippen LogP contribution in [0, 0.1) is 0 Å². The molecule has 0 saturated carbocycles. The maximum Gasteiger partial charge on any atom is 0.394 e. The summed E-state index contributed by atoms with van der Waals surface area (Å²) < 4.78 is 31.6. The third kappa shape index (κ3) is 8.16. The summed E-state index contributed by atoms with van der Waals surface area (Å²) in [6.45, 7) is 0. The highest BCUT2D eigenvalue weighted by molar-refractivity contribution is 7.79. The molecule has 1 rings (SSSR count). The van der Waals surface area contributed by atoms with E-state index < -0.39 is 22.4 Å². The quantitative estimate of drug-likeness (QED) is 0.281. The Balaban J connectivity index is 0.000000621. The monoisotopic (exact) mass is 306 g/mol. The standard InChI is InChI=1S/C10H12N2O3.H2O4S/c11-7-4-2-1-3-6(7)9(13)5-8(12)10(14)15;1-5(2,3)4/h1-4,8H,5,11-12H2,(H,14,15);(H2,1,2,3,4). The third-order valence-electron chi connectivity index (χ3n) is 1.98. The highest BCUT2D eigenvalue weighted by Crippen LogP contribution is 2.13. The Kier molecular flexibility index (Phi) is 6.79. The lowest BCUT2D eigenvalue weighted by molar-refractivity contribution is -0.138. The normalized spacial score (nSPS) is 11.9. The zero-order valence-corrected chi connectivity index (χ0v) is 10.9. The summed E-state index contributed by atoms with van der Waals surface area (Å²) in [5, 5.41) is 8.54. The minimum atomic E-state index is -4.67. The Hall–Kier alpha value is -2.01. The number of anilines is 1. The van der Waals surface area contributed by atoms with Crippen LogP contribution >= 0.6 is 0 Å². The number of nitrogen functional groups attached to an aromatic ring is 1. The smallest absolute Gasteiger partial charge is 0.394 e. The van der Waals surface area contributed by atoms with Crippen molar-refractivity contribution in [2.24, 2.45) is 5.73 Å². The van der Waals surface area contributed by atoms with Gasteiger partial charge in [0.2, 0.25) is 0 Å². The minimum Gasteiger partial charge on any atom is -0.480 e. The van der Waals surface area contributed by atoms with Gasteiger partial charge in [0.25, 0.3) is 0 Å². The first-order chi connectivity index (χ1) is 9.02. The molecule has 0 radical (unpaired) electrons. The fraction of sp³-hybridized carbons (Fsp3) is 0.200. The summed E-state index contributed by atoms with van der Waals surface area (Å²) in [5.41, 5.74) is 11.5. The molecule has 0 aliphatic carbocycles. The molecule has 0 heterocycles. The van der Waals surface area contributed by atoms with Crippen LogP contribution in [0.5, 0.6) is 0 Å². The summed E-state index contributed by atoms with van der Waals surface area (Å²) in [6.07, 6.45) is -0.246. The second-order valence-corrected chi connectivity index (χ2v) is 4.50. The first-order valence-corrected chi connectivity index (χ1v) is 6.48. The molecule has 1 unspecified atom stereocenters. The number of para-hydroxylation sites is 1. The largest absolute Gasteiger partial charge is 0.480 e. The van der Waals surface area contributed by atoms with Crippen LogP contribution in [0.1, 0.15) is 16.8 Å². The highest BCUT2D eigenvalue weighted by Gasteiger charge is 2.18. The van der Waals surface area contributed by atoms with Crippen molar-refractivity contribution >= 4 is 27.8 Å². The number of ketones is 1. The lowest BCUT2D eigenvalue weighted by atomic mass is 10.0. The van der Waals surface area contributed by atoms with Gasteiger partial charge in [-0.3, -0.25) is 18.7 Å². The topological polar surface area (TPSA) is 181 Å². The average Bonchev–Trinajstić information content (AvgIpc) is 2.26. The van der Waals surface area contributed by atoms with Gasteiger partial charge in [0.05, 0.1) is 0 Å². The van der Waals surface area contributed by atoms with Gasteiger partial charge in [-0.05, 0) is 12.1 Å². The molecule has 1 atom stereocenters. The number of carbonyl (C=O) groups is 2. The molecule has 1 aromatic carbocycles. The Labute approximate surface area is 114 Å². The van der Waals surface area contributed by atoms with E-state index in [1.54, 1.807) is 24.3 Å². The number of hydrogen-bond donors (Lipinski definition) is 5. The van der Waals surface area contributed by atoms with Crippen molar-refractivity contribution in [3.63, 3.8) is 0 Å². The van der Waals surface area contributed by atoms with Gasteiger partial charge in [0.1, 0.15) is 6.04 Å². The van der Waals surface area contributed by atoms with Crippen molar-refractivity contribution in [1.29, 1.82) is 0 Å². The Morgan fingerprint density at radius 1 is 1.20 bits per heavy atom. The van der Waals surface area contributed by atoms with Gasteiger partial charge in [-0.2, -0.15) is 8.42 Å². The predicted octanol–water partition coefficient (Wildman–Crippen LogP) is -0.399. The molecule has 112 valence electrons. The van der Waals surface area contributed by atoms with Crippen LogP contribution in [0.25, 0.3) is 0 Å². The van der Waals surface area contributed by atoms with Crippen molar-refractivity contribution in [1.82, 2.24) is 0 Å². The molecule has 0 spiro atoms. The Morgan fingerprint density at radius 2 is 1.65 bits per heavy atom. The molecule has 0 fully saturated rings. The molecule has 0 saturated heterocycles. The summed E-state index contributed by atoms with van der Waals surface area (Å²) >= 11 is 0. The fourth-order valence-corrected chi connectivity index (χ4v) is 1.15. The van der Waals surface area contributed by atoms with Crippen LogP contribution in [-0.2, 0) is 15.2 Å². The third-order valence-corrected chi connectivity index (χ3v) is 1.98. The fourth-order valence-electron chi connectivity index (χ4n) is 1.15. The number of rotatable bonds is 4. The first-order valence-electron chi connectivity index (χ1n) is 5.08. The van der Waals surface area contributed by atoms with E-state index in [-0.39, 0.29) is 12.2 Å². The molecular formula is C10H14N2O7S. The number of carboxylic acids is 1. The SMILES string of the molecule is Nc1ccccc1C(=O)CC(N)C(=O)O.O=S(=O)(O)O. The van der Waals surface area contributed by atoms with E-state index in [0.29, 0.717) is 11.3 Å². The molecule has 0 amide bonds. The van der Waals surface area contributed by atoms with E-state index in [4.69, 9.17) is 34.1 Å². The number of Topliss-reactive ketones (excluding diaryl/α,β-unsaturated/α-hetero) is 1. The lowest BCUT2D eigenvalue weighted by Gasteiger charge is -2.07. The maximum atomic E-state index is 11.6. The molecule has 7 N–H and O–H groups in total. The van der Waals surface area contributed by atoms with Crippen LogP contribution in [-0.4, -0.2) is 40.4 Å². The highest BCUT2D eigenvalue weighted by atomic mass is 32.3. The van der Waals surface area contributed by atoms with E-state index in [9.17, 15) is 9.59 Å². The predicted molar refractivity (Wildman–Crippen MR) is 69.6 cm³/mol. The van der Waals surface area contributed by atoms with E-state index in [1.807, 2.05) is 0 Å². The van der Waals surface area contributed by atoms with Crippen molar-refractivity contribution < 1.29 is 32.2 Å². The minimum absolute atomic E-state index is 0.246. The molecule has 0 bridgehead atoms. The van der Waals surface area contributed by atoms with Gasteiger partial charge in [0.15, 0.2) is 5.78 Å². The number of carboxylic acid groups (broad SMARTS) is 1. The van der Waals surface area contributed by atoms with Crippen LogP contribution < -0.4 is 11.5 Å². The number of nitrogens with two attached hydrogens (primary N) is 2. The van der Waals surface area contributed by atoms with Crippen molar-refractivity contribution in [3.05, 3.63) is 29.8 Å². The van der Waals surface area contributed by atoms with Gasteiger partial charge < -0.3 is 16.6 Å². The number of hydrogen-bond acceptors (Lipinski definition) is 6. The van der Waals surface area contributed by atoms with Crippen molar-refractivity contribution in [3.8, 4) is 0 Å². The van der Waals surface area contributed by atoms with Crippen LogP contribution in [0.3, 0.4) is 0 Å².